The van der Waals surface area contributed by atoms with Crippen molar-refractivity contribution in [3.63, 3.8) is 0 Å². The molecule has 74 valence electrons. The first-order valence-electron chi connectivity index (χ1n) is 3.81. The van der Waals surface area contributed by atoms with E-state index in [2.05, 4.69) is 19.9 Å². The largest absolute Gasteiger partial charge is 1.00 e. The molecule has 0 amide bonds. The van der Waals surface area contributed by atoms with Crippen LogP contribution in [0.3, 0.4) is 0 Å². The van der Waals surface area contributed by atoms with E-state index in [0.29, 0.717) is 0 Å². The fourth-order valence-electron chi connectivity index (χ4n) is 0.285. The number of hydrogen-bond donors (Lipinski definition) is 1. The predicted molar refractivity (Wildman–Crippen MR) is 51.5 cm³/mol. The van der Waals surface area contributed by atoms with E-state index in [0.717, 1.165) is 6.42 Å². The molecular weight excluding hydrogens is 199 g/mol. The van der Waals surface area contributed by atoms with Gasteiger partial charge in [0.25, 0.3) is 10.1 Å². The van der Waals surface area contributed by atoms with Crippen molar-refractivity contribution in [1.82, 2.24) is 0 Å². The van der Waals surface area contributed by atoms with E-state index in [4.69, 9.17) is 4.55 Å². The molecule has 5 heteroatoms. The molecule has 0 spiro atoms. The number of rotatable bonds is 4. The first-order valence-corrected chi connectivity index (χ1v) is 5.42. The van der Waals surface area contributed by atoms with Crippen LogP contribution in [-0.2, 0) is 10.1 Å². The van der Waals surface area contributed by atoms with E-state index in [1.165, 1.54) is 13.3 Å². The molecule has 0 aliphatic rings. The summed E-state index contributed by atoms with van der Waals surface area (Å²) < 4.78 is 26.9. The minimum atomic E-state index is -3.66. The maximum Gasteiger partial charge on any atom is 1.00 e. The molecule has 13 heavy (non-hydrogen) atoms. The summed E-state index contributed by atoms with van der Waals surface area (Å²) in [7, 11) is -3.66. The van der Waals surface area contributed by atoms with Crippen LogP contribution in [0.1, 0.15) is 26.7 Å². The summed E-state index contributed by atoms with van der Waals surface area (Å²) in [5.41, 5.74) is 0. The Morgan fingerprint density at radius 2 is 1.92 bits per heavy atom. The smallest absolute Gasteiger partial charge is 0.331 e. The van der Waals surface area contributed by atoms with Crippen molar-refractivity contribution < 1.29 is 42.5 Å². The van der Waals surface area contributed by atoms with Crippen molar-refractivity contribution in [2.75, 3.05) is 5.75 Å². The Morgan fingerprint density at radius 3 is 2.00 bits per heavy atom. The Balaban J connectivity index is -0.000000143. The van der Waals surface area contributed by atoms with Crippen molar-refractivity contribution in [3.05, 3.63) is 19.1 Å². The average molecular weight is 216 g/mol. The average Bonchev–Trinajstić information content (AvgIpc) is 2.01. The SMILES string of the molecule is C=CCC[CH-]C.CCS(=O)(=O)O.[Na+]. The molecule has 0 atom stereocenters. The van der Waals surface area contributed by atoms with Gasteiger partial charge in [0.2, 0.25) is 0 Å². The zero-order valence-electron chi connectivity index (χ0n) is 8.66. The van der Waals surface area contributed by atoms with Crippen molar-refractivity contribution in [2.45, 2.75) is 26.7 Å². The van der Waals surface area contributed by atoms with Crippen LogP contribution in [0.15, 0.2) is 12.7 Å². The van der Waals surface area contributed by atoms with Crippen LogP contribution >= 0.6 is 0 Å². The monoisotopic (exact) mass is 216 g/mol. The molecule has 0 aliphatic carbocycles. The quantitative estimate of drug-likeness (QED) is 0.217. The van der Waals surface area contributed by atoms with Crippen LogP contribution in [0, 0.1) is 6.42 Å². The van der Waals surface area contributed by atoms with Gasteiger partial charge < -0.3 is 6.42 Å². The molecule has 0 saturated heterocycles. The van der Waals surface area contributed by atoms with Crippen molar-refractivity contribution >= 4 is 10.1 Å². The third-order valence-corrected chi connectivity index (χ3v) is 1.75. The zero-order chi connectivity index (χ0) is 10.0. The number of unbranched alkanes of at least 4 members (excludes halogenated alkanes) is 2. The summed E-state index contributed by atoms with van der Waals surface area (Å²) in [5, 5.41) is 0. The van der Waals surface area contributed by atoms with Crippen LogP contribution in [-0.4, -0.2) is 18.7 Å². The maximum absolute atomic E-state index is 9.56. The molecule has 0 aromatic rings. The molecule has 0 rings (SSSR count). The predicted octanol–water partition coefficient (Wildman–Crippen LogP) is -0.925. The summed E-state index contributed by atoms with van der Waals surface area (Å²) in [6.45, 7) is 7.01. The molecule has 0 aromatic carbocycles. The van der Waals surface area contributed by atoms with E-state index in [1.54, 1.807) is 0 Å². The van der Waals surface area contributed by atoms with E-state index in [9.17, 15) is 8.42 Å². The number of allylic oxidation sites excluding steroid dienone is 1. The van der Waals surface area contributed by atoms with Gasteiger partial charge in [-0.25, -0.2) is 0 Å². The number of hydrogen-bond acceptors (Lipinski definition) is 2. The molecule has 3 nitrogen and oxygen atoms in total. The van der Waals surface area contributed by atoms with E-state index in [-0.39, 0.29) is 35.3 Å². The maximum atomic E-state index is 9.56. The van der Waals surface area contributed by atoms with Gasteiger partial charge in [0, 0.05) is 0 Å². The first-order chi connectivity index (χ1) is 5.47. The summed E-state index contributed by atoms with van der Waals surface area (Å²) in [4.78, 5) is 0. The van der Waals surface area contributed by atoms with Crippen molar-refractivity contribution in [1.29, 1.82) is 0 Å². The third kappa shape index (κ3) is 32.4. The second kappa shape index (κ2) is 12.7. The van der Waals surface area contributed by atoms with Gasteiger partial charge in [-0.1, -0.05) is 12.5 Å². The minimum absolute atomic E-state index is 0. The van der Waals surface area contributed by atoms with Crippen LogP contribution in [0.25, 0.3) is 0 Å². The molecule has 0 fully saturated rings. The molecule has 0 heterocycles. The fraction of sp³-hybridized carbons (Fsp3) is 0.625. The Morgan fingerprint density at radius 1 is 1.54 bits per heavy atom. The Kier molecular flexibility index (Phi) is 18.7. The Bertz CT molecular complexity index is 188. The summed E-state index contributed by atoms with van der Waals surface area (Å²) >= 11 is 0. The van der Waals surface area contributed by atoms with Gasteiger partial charge in [0.1, 0.15) is 0 Å². The Labute approximate surface area is 104 Å². The van der Waals surface area contributed by atoms with Gasteiger partial charge in [-0.05, 0) is 6.92 Å². The molecule has 0 radical (unpaired) electrons. The zero-order valence-corrected chi connectivity index (χ0v) is 11.5. The van der Waals surface area contributed by atoms with Gasteiger partial charge in [0.05, 0.1) is 5.75 Å². The minimum Gasteiger partial charge on any atom is -0.331 e. The van der Waals surface area contributed by atoms with E-state index >= 15 is 0 Å². The van der Waals surface area contributed by atoms with Crippen LogP contribution in [0.4, 0.5) is 0 Å². The summed E-state index contributed by atoms with van der Waals surface area (Å²) in [5.74, 6) is -0.201. The molecule has 0 bridgehead atoms. The van der Waals surface area contributed by atoms with Crippen LogP contribution < -0.4 is 29.6 Å². The van der Waals surface area contributed by atoms with Gasteiger partial charge >= 0.3 is 29.6 Å². The van der Waals surface area contributed by atoms with Gasteiger partial charge in [-0.15, -0.1) is 6.58 Å². The summed E-state index contributed by atoms with van der Waals surface area (Å²) in [6, 6.07) is 0. The topological polar surface area (TPSA) is 54.4 Å². The van der Waals surface area contributed by atoms with E-state index < -0.39 is 10.1 Å². The van der Waals surface area contributed by atoms with Gasteiger partial charge in [-0.3, -0.25) is 4.55 Å². The Hall–Kier alpha value is 0.650. The van der Waals surface area contributed by atoms with Crippen LogP contribution in [0.5, 0.6) is 0 Å². The second-order valence-electron chi connectivity index (χ2n) is 2.14. The fourth-order valence-corrected chi connectivity index (χ4v) is 0.285. The van der Waals surface area contributed by atoms with Gasteiger partial charge in [-0.2, -0.15) is 21.8 Å². The normalized spacial score (nSPS) is 9.15. The van der Waals surface area contributed by atoms with E-state index in [1.807, 2.05) is 6.08 Å². The standard InChI is InChI=1S/C6H11.C2H6O3S.Na/c1-3-5-6-4-2;1-2-6(3,4)5;/h3-4H,1,5-6H2,2H3;2H2,1H3,(H,3,4,5);/q-1;;+1. The second-order valence-corrected chi connectivity index (χ2v) is 3.89. The first kappa shape index (κ1) is 19.3. The molecule has 0 unspecified atom stereocenters. The summed E-state index contributed by atoms with van der Waals surface area (Å²) in [6.07, 6.45) is 6.36. The van der Waals surface area contributed by atoms with Gasteiger partial charge in [0.15, 0.2) is 0 Å². The molecular formula is C8H17NaO3S. The van der Waals surface area contributed by atoms with Crippen molar-refractivity contribution in [3.8, 4) is 0 Å². The molecule has 0 aliphatic heterocycles. The molecule has 0 aromatic heterocycles. The van der Waals surface area contributed by atoms with Crippen LogP contribution in [0.2, 0.25) is 0 Å². The third-order valence-electron chi connectivity index (χ3n) is 1.02. The molecule has 0 saturated carbocycles. The molecule has 1 N–H and O–H groups in total. The van der Waals surface area contributed by atoms with Crippen molar-refractivity contribution in [2.24, 2.45) is 0 Å².